The normalized spacial score (nSPS) is 14.9. The molecule has 1 aromatic carbocycles. The molecule has 1 N–H and O–H groups in total. The summed E-state index contributed by atoms with van der Waals surface area (Å²) in [6.45, 7) is 7.53. The van der Waals surface area contributed by atoms with Crippen LogP contribution in [0.15, 0.2) is 24.3 Å². The third-order valence-corrected chi connectivity index (χ3v) is 6.21. The number of rotatable bonds is 1. The van der Waals surface area contributed by atoms with Gasteiger partial charge in [0.15, 0.2) is 5.11 Å². The molecule has 2 aromatic rings. The fraction of sp³-hybridized carbons (Fsp3) is 0.421. The Morgan fingerprint density at radius 2 is 1.75 bits per heavy atom. The molecule has 0 aliphatic carbocycles. The van der Waals surface area contributed by atoms with Gasteiger partial charge in [-0.05, 0) is 39.1 Å². The van der Waals surface area contributed by atoms with E-state index in [0.29, 0.717) is 41.2 Å². The van der Waals surface area contributed by atoms with E-state index in [-0.39, 0.29) is 12.0 Å². The van der Waals surface area contributed by atoms with Crippen LogP contribution in [0.2, 0.25) is 5.02 Å². The Morgan fingerprint density at radius 1 is 1.14 bits per heavy atom. The quantitative estimate of drug-likeness (QED) is 0.677. The van der Waals surface area contributed by atoms with E-state index in [1.807, 2.05) is 49.9 Å². The fourth-order valence-electron chi connectivity index (χ4n) is 2.81. The lowest BCUT2D eigenvalue weighted by molar-refractivity contribution is 0.0186. The van der Waals surface area contributed by atoms with Crippen LogP contribution in [-0.2, 0) is 4.74 Å². The first-order chi connectivity index (χ1) is 13.2. The van der Waals surface area contributed by atoms with E-state index in [9.17, 15) is 9.59 Å². The van der Waals surface area contributed by atoms with Crippen LogP contribution in [0.1, 0.15) is 30.4 Å². The van der Waals surface area contributed by atoms with Gasteiger partial charge < -0.3 is 14.5 Å². The lowest BCUT2D eigenvalue weighted by atomic mass is 10.2. The van der Waals surface area contributed by atoms with Crippen LogP contribution in [0.25, 0.3) is 10.1 Å². The molecule has 0 atom stereocenters. The molecule has 1 saturated heterocycles. The highest BCUT2D eigenvalue weighted by molar-refractivity contribution is 7.80. The smallest absolute Gasteiger partial charge is 0.410 e. The van der Waals surface area contributed by atoms with E-state index < -0.39 is 5.60 Å². The van der Waals surface area contributed by atoms with Gasteiger partial charge in [0.25, 0.3) is 5.91 Å². The van der Waals surface area contributed by atoms with Crippen LogP contribution < -0.4 is 5.32 Å². The summed E-state index contributed by atoms with van der Waals surface area (Å²) in [5.41, 5.74) is -0.527. The maximum atomic E-state index is 12.6. The second kappa shape index (κ2) is 8.23. The topological polar surface area (TPSA) is 61.9 Å². The number of thiocarbonyl (C=S) groups is 1. The third-order valence-electron chi connectivity index (χ3n) is 4.18. The summed E-state index contributed by atoms with van der Waals surface area (Å²) in [5, 5.41) is 4.39. The monoisotopic (exact) mass is 439 g/mol. The SMILES string of the molecule is CC(C)(C)OC(=O)N1CCN(C(=S)NC(=O)c2sc3ccccc3c2Cl)CC1. The molecule has 2 amide bonds. The van der Waals surface area contributed by atoms with E-state index in [4.69, 9.17) is 28.6 Å². The second-order valence-electron chi connectivity index (χ2n) is 7.46. The van der Waals surface area contributed by atoms with E-state index in [1.165, 1.54) is 11.3 Å². The number of nitrogens with one attached hydrogen (secondary N) is 1. The van der Waals surface area contributed by atoms with Crippen molar-refractivity contribution in [2.75, 3.05) is 26.2 Å². The fourth-order valence-corrected chi connectivity index (χ4v) is 4.50. The van der Waals surface area contributed by atoms with Gasteiger partial charge in [-0.25, -0.2) is 4.79 Å². The van der Waals surface area contributed by atoms with Crippen LogP contribution in [0.5, 0.6) is 0 Å². The van der Waals surface area contributed by atoms with Crippen LogP contribution in [0.4, 0.5) is 4.79 Å². The van der Waals surface area contributed by atoms with Crippen molar-refractivity contribution in [2.24, 2.45) is 0 Å². The van der Waals surface area contributed by atoms with Crippen molar-refractivity contribution in [3.05, 3.63) is 34.2 Å². The number of amides is 2. The summed E-state index contributed by atoms with van der Waals surface area (Å²) in [6, 6.07) is 7.61. The van der Waals surface area contributed by atoms with Crippen LogP contribution in [-0.4, -0.2) is 58.7 Å². The number of nitrogens with zero attached hydrogens (tertiary/aromatic N) is 2. The number of ether oxygens (including phenoxy) is 1. The largest absolute Gasteiger partial charge is 0.444 e. The van der Waals surface area contributed by atoms with E-state index in [0.717, 1.165) is 10.1 Å². The molecule has 0 radical (unpaired) electrons. The summed E-state index contributed by atoms with van der Waals surface area (Å²) in [4.78, 5) is 28.7. The predicted octanol–water partition coefficient (Wildman–Crippen LogP) is 4.12. The molecule has 0 bridgehead atoms. The minimum Gasteiger partial charge on any atom is -0.444 e. The van der Waals surface area contributed by atoms with Crippen LogP contribution in [0, 0.1) is 0 Å². The molecule has 1 aromatic heterocycles. The second-order valence-corrected chi connectivity index (χ2v) is 9.27. The molecule has 6 nitrogen and oxygen atoms in total. The van der Waals surface area contributed by atoms with Crippen molar-refractivity contribution >= 4 is 62.4 Å². The minimum absolute atomic E-state index is 0.314. The first-order valence-electron chi connectivity index (χ1n) is 8.91. The molecule has 1 aliphatic rings. The molecular formula is C19H22ClN3O3S2. The number of hydrogen-bond donors (Lipinski definition) is 1. The Kier molecular flexibility index (Phi) is 6.12. The van der Waals surface area contributed by atoms with Crippen molar-refractivity contribution in [3.63, 3.8) is 0 Å². The van der Waals surface area contributed by atoms with Gasteiger partial charge in [0.1, 0.15) is 10.5 Å². The van der Waals surface area contributed by atoms with Crippen molar-refractivity contribution in [1.29, 1.82) is 0 Å². The van der Waals surface area contributed by atoms with Crippen molar-refractivity contribution in [1.82, 2.24) is 15.1 Å². The molecule has 1 aliphatic heterocycles. The van der Waals surface area contributed by atoms with Gasteiger partial charge in [0, 0.05) is 36.3 Å². The predicted molar refractivity (Wildman–Crippen MR) is 116 cm³/mol. The molecule has 1 fully saturated rings. The van der Waals surface area contributed by atoms with Gasteiger partial charge in [0.05, 0.1) is 5.02 Å². The lowest BCUT2D eigenvalue weighted by Crippen LogP contribution is -2.54. The van der Waals surface area contributed by atoms with Gasteiger partial charge in [-0.3, -0.25) is 10.1 Å². The number of thiophene rings is 1. The highest BCUT2D eigenvalue weighted by Crippen LogP contribution is 2.35. The van der Waals surface area contributed by atoms with E-state index in [2.05, 4.69) is 5.32 Å². The van der Waals surface area contributed by atoms with E-state index >= 15 is 0 Å². The molecule has 0 saturated carbocycles. The van der Waals surface area contributed by atoms with Crippen molar-refractivity contribution in [3.8, 4) is 0 Å². The Balaban J connectivity index is 1.57. The number of piperazine rings is 1. The van der Waals surface area contributed by atoms with Gasteiger partial charge in [-0.2, -0.15) is 0 Å². The average molecular weight is 440 g/mol. The first kappa shape index (κ1) is 20.8. The van der Waals surface area contributed by atoms with Gasteiger partial charge in [0.2, 0.25) is 0 Å². The molecule has 9 heteroatoms. The van der Waals surface area contributed by atoms with Crippen LogP contribution >= 0.6 is 35.2 Å². The summed E-state index contributed by atoms with van der Waals surface area (Å²) < 4.78 is 6.34. The number of carbonyl (C=O) groups excluding carboxylic acids is 2. The highest BCUT2D eigenvalue weighted by Gasteiger charge is 2.27. The number of carbonyl (C=O) groups is 2. The number of halogens is 1. The maximum absolute atomic E-state index is 12.6. The Hall–Kier alpha value is -1.90. The Bertz CT molecular complexity index is 915. The van der Waals surface area contributed by atoms with Gasteiger partial charge >= 0.3 is 6.09 Å². The molecule has 150 valence electrons. The number of benzene rings is 1. The summed E-state index contributed by atoms with van der Waals surface area (Å²) >= 11 is 13.1. The van der Waals surface area contributed by atoms with Gasteiger partial charge in [-0.15, -0.1) is 11.3 Å². The lowest BCUT2D eigenvalue weighted by Gasteiger charge is -2.36. The number of hydrogen-bond acceptors (Lipinski definition) is 5. The van der Waals surface area contributed by atoms with Crippen molar-refractivity contribution in [2.45, 2.75) is 26.4 Å². The van der Waals surface area contributed by atoms with Crippen molar-refractivity contribution < 1.29 is 14.3 Å². The average Bonchev–Trinajstić information content (AvgIpc) is 2.97. The summed E-state index contributed by atoms with van der Waals surface area (Å²) in [7, 11) is 0. The number of fused-ring (bicyclic) bond motifs is 1. The molecule has 0 unspecified atom stereocenters. The zero-order chi connectivity index (χ0) is 20.5. The van der Waals surface area contributed by atoms with Gasteiger partial charge in [-0.1, -0.05) is 29.8 Å². The molecule has 2 heterocycles. The summed E-state index contributed by atoms with van der Waals surface area (Å²) in [6.07, 6.45) is -0.334. The molecular weight excluding hydrogens is 418 g/mol. The summed E-state index contributed by atoms with van der Waals surface area (Å²) in [5.74, 6) is -0.314. The Labute approximate surface area is 178 Å². The highest BCUT2D eigenvalue weighted by atomic mass is 35.5. The zero-order valence-corrected chi connectivity index (χ0v) is 18.3. The maximum Gasteiger partial charge on any atom is 0.410 e. The molecule has 3 rings (SSSR count). The zero-order valence-electron chi connectivity index (χ0n) is 16.0. The minimum atomic E-state index is -0.527. The third kappa shape index (κ3) is 4.74. The van der Waals surface area contributed by atoms with E-state index in [1.54, 1.807) is 4.90 Å². The first-order valence-corrected chi connectivity index (χ1v) is 10.5. The Morgan fingerprint density at radius 3 is 2.36 bits per heavy atom. The molecule has 28 heavy (non-hydrogen) atoms. The standard InChI is InChI=1S/C19H22ClN3O3S2/c1-19(2,3)26-18(25)23-10-8-22(9-11-23)17(27)21-16(24)15-14(20)12-6-4-5-7-13(12)28-15/h4-7H,8-11H2,1-3H3,(H,21,24,27). The molecule has 0 spiro atoms. The van der Waals surface area contributed by atoms with Crippen LogP contribution in [0.3, 0.4) is 0 Å².